The van der Waals surface area contributed by atoms with Gasteiger partial charge in [-0.1, -0.05) is 13.8 Å². The van der Waals surface area contributed by atoms with Gasteiger partial charge >= 0.3 is 6.61 Å². The molecule has 1 aromatic rings. The van der Waals surface area contributed by atoms with Crippen molar-refractivity contribution in [2.75, 3.05) is 18.5 Å². The van der Waals surface area contributed by atoms with Crippen molar-refractivity contribution in [3.8, 4) is 5.75 Å². The van der Waals surface area contributed by atoms with E-state index >= 15 is 0 Å². The molecule has 18 heavy (non-hydrogen) atoms. The predicted molar refractivity (Wildman–Crippen MR) is 62.4 cm³/mol. The maximum atomic E-state index is 13.4. The van der Waals surface area contributed by atoms with E-state index in [0.29, 0.717) is 12.2 Å². The van der Waals surface area contributed by atoms with Crippen molar-refractivity contribution >= 4 is 5.69 Å². The van der Waals surface area contributed by atoms with Crippen LogP contribution in [0.2, 0.25) is 0 Å². The average molecular weight is 263 g/mol. The Morgan fingerprint density at radius 3 is 2.56 bits per heavy atom. The van der Waals surface area contributed by atoms with E-state index in [1.807, 2.05) is 13.8 Å². The maximum Gasteiger partial charge on any atom is 0.387 e. The van der Waals surface area contributed by atoms with E-state index in [2.05, 4.69) is 10.1 Å². The molecule has 0 bridgehead atoms. The number of halogens is 3. The molecule has 0 saturated heterocycles. The topological polar surface area (TPSA) is 41.5 Å². The number of alkyl halides is 2. The van der Waals surface area contributed by atoms with Crippen LogP contribution in [0.1, 0.15) is 13.8 Å². The molecule has 0 fully saturated rings. The third-order valence-corrected chi connectivity index (χ3v) is 2.35. The average Bonchev–Trinajstić information content (AvgIpc) is 2.29. The molecule has 3 nitrogen and oxygen atoms in total. The lowest BCUT2D eigenvalue weighted by Crippen LogP contribution is -2.26. The van der Waals surface area contributed by atoms with Gasteiger partial charge in [0.05, 0.1) is 0 Å². The first-order chi connectivity index (χ1) is 8.34. The summed E-state index contributed by atoms with van der Waals surface area (Å²) in [6.45, 7) is 1.04. The molecule has 102 valence electrons. The first kappa shape index (κ1) is 14.6. The molecule has 1 rings (SSSR count). The predicted octanol–water partition coefficient (Wildman–Crippen LogP) is 2.86. The standard InChI is InChI=1S/C12H16F3NO2/c1-12(2,7-17)6-16-8-3-4-10(9(13)5-8)18-11(14)15/h3-5,11,16-17H,6-7H2,1-2H3. The van der Waals surface area contributed by atoms with Gasteiger partial charge in [-0.15, -0.1) is 0 Å². The maximum absolute atomic E-state index is 13.4. The Bertz CT molecular complexity index is 397. The fourth-order valence-electron chi connectivity index (χ4n) is 1.20. The molecular weight excluding hydrogens is 247 g/mol. The van der Waals surface area contributed by atoms with Crippen LogP contribution in [0, 0.1) is 11.2 Å². The van der Waals surface area contributed by atoms with Gasteiger partial charge in [0.25, 0.3) is 0 Å². The molecule has 0 aromatic heterocycles. The van der Waals surface area contributed by atoms with Crippen molar-refractivity contribution in [3.05, 3.63) is 24.0 Å². The van der Waals surface area contributed by atoms with Gasteiger partial charge in [-0.2, -0.15) is 8.78 Å². The van der Waals surface area contributed by atoms with Gasteiger partial charge < -0.3 is 15.2 Å². The molecule has 0 spiro atoms. The number of nitrogens with one attached hydrogen (secondary N) is 1. The SMILES string of the molecule is CC(C)(CO)CNc1ccc(OC(F)F)c(F)c1. The number of benzene rings is 1. The van der Waals surface area contributed by atoms with Crippen LogP contribution in [-0.2, 0) is 0 Å². The summed E-state index contributed by atoms with van der Waals surface area (Å²) in [4.78, 5) is 0. The lowest BCUT2D eigenvalue weighted by Gasteiger charge is -2.22. The zero-order valence-corrected chi connectivity index (χ0v) is 10.2. The highest BCUT2D eigenvalue weighted by Gasteiger charge is 2.16. The third kappa shape index (κ3) is 4.44. The summed E-state index contributed by atoms with van der Waals surface area (Å²) in [6.07, 6.45) is 0. The van der Waals surface area contributed by atoms with Gasteiger partial charge in [-0.25, -0.2) is 4.39 Å². The minimum absolute atomic E-state index is 0.0188. The molecule has 1 aromatic carbocycles. The van der Waals surface area contributed by atoms with E-state index in [-0.39, 0.29) is 12.0 Å². The highest BCUT2D eigenvalue weighted by molar-refractivity contribution is 5.47. The molecule has 0 saturated carbocycles. The summed E-state index contributed by atoms with van der Waals surface area (Å²) in [5.41, 5.74) is 0.0878. The van der Waals surface area contributed by atoms with E-state index < -0.39 is 18.2 Å². The van der Waals surface area contributed by atoms with Crippen LogP contribution < -0.4 is 10.1 Å². The fourth-order valence-corrected chi connectivity index (χ4v) is 1.20. The second kappa shape index (κ2) is 5.95. The Kier molecular flexibility index (Phi) is 4.84. The Morgan fingerprint density at radius 1 is 1.39 bits per heavy atom. The number of ether oxygens (including phenoxy) is 1. The molecule has 0 aliphatic rings. The summed E-state index contributed by atoms with van der Waals surface area (Å²) < 4.78 is 41.2. The molecule has 0 radical (unpaired) electrons. The van der Waals surface area contributed by atoms with Crippen LogP contribution in [-0.4, -0.2) is 24.9 Å². The van der Waals surface area contributed by atoms with Gasteiger partial charge in [0.15, 0.2) is 11.6 Å². The Balaban J connectivity index is 2.67. The van der Waals surface area contributed by atoms with Crippen LogP contribution in [0.5, 0.6) is 5.75 Å². The smallest absolute Gasteiger partial charge is 0.387 e. The molecule has 6 heteroatoms. The molecule has 0 atom stereocenters. The van der Waals surface area contributed by atoms with Gasteiger partial charge in [0, 0.05) is 30.3 Å². The van der Waals surface area contributed by atoms with Crippen molar-refractivity contribution in [2.24, 2.45) is 5.41 Å². The van der Waals surface area contributed by atoms with Gasteiger partial charge in [0.2, 0.25) is 0 Å². The largest absolute Gasteiger partial charge is 0.432 e. The number of anilines is 1. The van der Waals surface area contributed by atoms with E-state index in [1.54, 1.807) is 0 Å². The summed E-state index contributed by atoms with van der Waals surface area (Å²) >= 11 is 0. The number of hydrogen-bond donors (Lipinski definition) is 2. The van der Waals surface area contributed by atoms with Crippen LogP contribution in [0.3, 0.4) is 0 Å². The molecule has 0 amide bonds. The number of aliphatic hydroxyl groups is 1. The quantitative estimate of drug-likeness (QED) is 0.829. The van der Waals surface area contributed by atoms with Gasteiger partial charge in [0.1, 0.15) is 0 Å². The monoisotopic (exact) mass is 263 g/mol. The van der Waals surface area contributed by atoms with E-state index in [1.165, 1.54) is 6.07 Å². The summed E-state index contributed by atoms with van der Waals surface area (Å²) in [5.74, 6) is -1.35. The van der Waals surface area contributed by atoms with Crippen LogP contribution in [0.15, 0.2) is 18.2 Å². The van der Waals surface area contributed by atoms with Crippen LogP contribution >= 0.6 is 0 Å². The molecule has 0 heterocycles. The third-order valence-electron chi connectivity index (χ3n) is 2.35. The van der Waals surface area contributed by atoms with Crippen molar-refractivity contribution in [3.63, 3.8) is 0 Å². The molecule has 2 N–H and O–H groups in total. The minimum atomic E-state index is -3.05. The first-order valence-corrected chi connectivity index (χ1v) is 5.43. The van der Waals surface area contributed by atoms with Crippen molar-refractivity contribution in [1.29, 1.82) is 0 Å². The van der Waals surface area contributed by atoms with Crippen molar-refractivity contribution < 1.29 is 23.0 Å². The van der Waals surface area contributed by atoms with E-state index in [4.69, 9.17) is 5.11 Å². The summed E-state index contributed by atoms with van der Waals surface area (Å²) in [5, 5.41) is 12.0. The number of rotatable bonds is 6. The summed E-state index contributed by atoms with van der Waals surface area (Å²) in [7, 11) is 0. The minimum Gasteiger partial charge on any atom is -0.432 e. The highest BCUT2D eigenvalue weighted by Crippen LogP contribution is 2.24. The highest BCUT2D eigenvalue weighted by atomic mass is 19.3. The lowest BCUT2D eigenvalue weighted by atomic mass is 9.95. The Hall–Kier alpha value is -1.43. The molecule has 0 aliphatic heterocycles. The Labute approximate surface area is 104 Å². The van der Waals surface area contributed by atoms with Crippen molar-refractivity contribution in [2.45, 2.75) is 20.5 Å². The first-order valence-electron chi connectivity index (χ1n) is 5.43. The molecule has 0 aliphatic carbocycles. The zero-order valence-electron chi connectivity index (χ0n) is 10.2. The summed E-state index contributed by atoms with van der Waals surface area (Å²) in [6, 6.07) is 3.65. The molecular formula is C12H16F3NO2. The second-order valence-corrected chi connectivity index (χ2v) is 4.70. The van der Waals surface area contributed by atoms with Gasteiger partial charge in [-0.05, 0) is 12.1 Å². The van der Waals surface area contributed by atoms with E-state index in [9.17, 15) is 13.2 Å². The lowest BCUT2D eigenvalue weighted by molar-refractivity contribution is -0.0521. The molecule has 0 unspecified atom stereocenters. The van der Waals surface area contributed by atoms with Crippen LogP contribution in [0.25, 0.3) is 0 Å². The number of hydrogen-bond acceptors (Lipinski definition) is 3. The zero-order chi connectivity index (χ0) is 13.8. The second-order valence-electron chi connectivity index (χ2n) is 4.70. The number of aliphatic hydroxyl groups excluding tert-OH is 1. The van der Waals surface area contributed by atoms with E-state index in [0.717, 1.165) is 12.1 Å². The fraction of sp³-hybridized carbons (Fsp3) is 0.500. The van der Waals surface area contributed by atoms with Gasteiger partial charge in [-0.3, -0.25) is 0 Å². The van der Waals surface area contributed by atoms with Crippen LogP contribution in [0.4, 0.5) is 18.9 Å². The van der Waals surface area contributed by atoms with Crippen molar-refractivity contribution in [1.82, 2.24) is 0 Å². The normalized spacial score (nSPS) is 11.7. The Morgan fingerprint density at radius 2 is 2.06 bits per heavy atom.